The molecule has 0 radical (unpaired) electrons. The normalized spacial score (nSPS) is 13.0. The van der Waals surface area contributed by atoms with E-state index in [4.69, 9.17) is 4.74 Å². The number of rotatable bonds is 16. The minimum atomic E-state index is -1.20. The van der Waals surface area contributed by atoms with E-state index in [9.17, 15) is 38.3 Å². The number of amides is 5. The number of benzene rings is 2. The van der Waals surface area contributed by atoms with Crippen molar-refractivity contribution in [3.8, 4) is 0 Å². The summed E-state index contributed by atoms with van der Waals surface area (Å²) in [6, 6.07) is 10.7. The lowest BCUT2D eigenvalue weighted by Gasteiger charge is -2.23. The summed E-state index contributed by atoms with van der Waals surface area (Å²) >= 11 is 0. The van der Waals surface area contributed by atoms with Crippen molar-refractivity contribution >= 4 is 35.7 Å². The molecular weight excluding hydrogens is 613 g/mol. The standard InChI is InChI=1S/C33H44FN5O8/c1-20(2)15-26(31(44)45)38-30(43)25(16-21-9-7-6-8-10-21)37-28(41)19-35-27(40)18-36-29(42)24(39-32(46)47-33(3,4)5)17-22-11-13-23(34)14-12-22/h6-14,20,24-26H,15-19H2,1-5H3,(H,35,40)(H,36,42)(H,37,41)(H,38,43)(H,39,46)(H,44,45)/t24-,25-,26-/m0/s1. The van der Waals surface area contributed by atoms with E-state index in [-0.39, 0.29) is 25.2 Å². The van der Waals surface area contributed by atoms with Crippen LogP contribution in [0.2, 0.25) is 0 Å². The van der Waals surface area contributed by atoms with Crippen LogP contribution in [-0.4, -0.2) is 77.6 Å². The van der Waals surface area contributed by atoms with Gasteiger partial charge >= 0.3 is 12.1 Å². The molecule has 5 amide bonds. The summed E-state index contributed by atoms with van der Waals surface area (Å²) in [5, 5.41) is 21.8. The van der Waals surface area contributed by atoms with Gasteiger partial charge in [-0.3, -0.25) is 19.2 Å². The van der Waals surface area contributed by atoms with E-state index in [0.717, 1.165) is 0 Å². The number of carboxylic acid groups (broad SMARTS) is 1. The van der Waals surface area contributed by atoms with Crippen LogP contribution in [-0.2, 0) is 41.6 Å². The van der Waals surface area contributed by atoms with Crippen molar-refractivity contribution in [3.63, 3.8) is 0 Å². The zero-order chi connectivity index (χ0) is 35.1. The molecule has 0 bridgehead atoms. The first-order chi connectivity index (χ1) is 22.0. The summed E-state index contributed by atoms with van der Waals surface area (Å²) in [7, 11) is 0. The number of carboxylic acids is 1. The fourth-order valence-electron chi connectivity index (χ4n) is 4.32. The Morgan fingerprint density at radius 2 is 1.28 bits per heavy atom. The van der Waals surface area contributed by atoms with Crippen molar-refractivity contribution in [3.05, 3.63) is 71.5 Å². The summed E-state index contributed by atoms with van der Waals surface area (Å²) in [6.45, 7) is 7.50. The van der Waals surface area contributed by atoms with E-state index in [1.807, 2.05) is 13.8 Å². The van der Waals surface area contributed by atoms with Crippen molar-refractivity contribution in [1.29, 1.82) is 0 Å². The van der Waals surface area contributed by atoms with Gasteiger partial charge in [0.05, 0.1) is 13.1 Å². The number of halogens is 1. The highest BCUT2D eigenvalue weighted by atomic mass is 19.1. The minimum Gasteiger partial charge on any atom is -0.480 e. The Bertz CT molecular complexity index is 1380. The van der Waals surface area contributed by atoms with Gasteiger partial charge in [0.1, 0.15) is 29.5 Å². The predicted octanol–water partition coefficient (Wildman–Crippen LogP) is 1.84. The van der Waals surface area contributed by atoms with Crippen molar-refractivity contribution < 1.29 is 43.0 Å². The Kier molecular flexibility index (Phi) is 14.8. The van der Waals surface area contributed by atoms with Gasteiger partial charge in [-0.2, -0.15) is 0 Å². The van der Waals surface area contributed by atoms with E-state index < -0.39 is 78.3 Å². The molecule has 0 aliphatic heterocycles. The summed E-state index contributed by atoms with van der Waals surface area (Å²) in [5.74, 6) is -4.58. The Labute approximate surface area is 273 Å². The highest BCUT2D eigenvalue weighted by molar-refractivity contribution is 5.93. The third-order valence-corrected chi connectivity index (χ3v) is 6.49. The summed E-state index contributed by atoms with van der Waals surface area (Å²) < 4.78 is 18.6. The molecule has 13 nitrogen and oxygen atoms in total. The van der Waals surface area contributed by atoms with Crippen LogP contribution in [0, 0.1) is 11.7 Å². The molecule has 2 rings (SSSR count). The predicted molar refractivity (Wildman–Crippen MR) is 170 cm³/mol. The lowest BCUT2D eigenvalue weighted by Crippen LogP contribution is -2.54. The van der Waals surface area contributed by atoms with E-state index in [1.54, 1.807) is 51.1 Å². The van der Waals surface area contributed by atoms with Crippen LogP contribution >= 0.6 is 0 Å². The van der Waals surface area contributed by atoms with Crippen LogP contribution in [0.25, 0.3) is 0 Å². The van der Waals surface area contributed by atoms with Crippen LogP contribution in [0.5, 0.6) is 0 Å². The molecule has 0 saturated carbocycles. The Morgan fingerprint density at radius 1 is 0.723 bits per heavy atom. The molecule has 0 aromatic heterocycles. The van der Waals surface area contributed by atoms with Gasteiger partial charge in [-0.25, -0.2) is 14.0 Å². The first kappa shape index (κ1) is 38.2. The smallest absolute Gasteiger partial charge is 0.408 e. The molecule has 47 heavy (non-hydrogen) atoms. The van der Waals surface area contributed by atoms with Crippen molar-refractivity contribution in [1.82, 2.24) is 26.6 Å². The van der Waals surface area contributed by atoms with Gasteiger partial charge in [0.2, 0.25) is 23.6 Å². The molecule has 0 aliphatic rings. The number of hydrogen-bond acceptors (Lipinski definition) is 7. The molecule has 0 fully saturated rings. The third-order valence-electron chi connectivity index (χ3n) is 6.49. The van der Waals surface area contributed by atoms with Crippen LogP contribution in [0.1, 0.15) is 52.2 Å². The number of ether oxygens (including phenoxy) is 1. The lowest BCUT2D eigenvalue weighted by atomic mass is 10.0. The van der Waals surface area contributed by atoms with E-state index >= 15 is 0 Å². The van der Waals surface area contributed by atoms with Crippen molar-refractivity contribution in [2.45, 2.75) is 77.6 Å². The molecule has 0 aliphatic carbocycles. The number of alkyl carbamates (subject to hydrolysis) is 1. The minimum absolute atomic E-state index is 0.0134. The summed E-state index contributed by atoms with van der Waals surface area (Å²) in [4.78, 5) is 75.4. The zero-order valence-electron chi connectivity index (χ0n) is 27.2. The number of aliphatic carboxylic acids is 1. The van der Waals surface area contributed by atoms with Gasteiger partial charge in [-0.15, -0.1) is 0 Å². The quantitative estimate of drug-likeness (QED) is 0.158. The molecule has 14 heteroatoms. The van der Waals surface area contributed by atoms with E-state index in [2.05, 4.69) is 26.6 Å². The number of carbonyl (C=O) groups excluding carboxylic acids is 5. The van der Waals surface area contributed by atoms with Crippen LogP contribution in [0.3, 0.4) is 0 Å². The van der Waals surface area contributed by atoms with Gasteiger partial charge in [0.15, 0.2) is 0 Å². The summed E-state index contributed by atoms with van der Waals surface area (Å²) in [5.41, 5.74) is 0.413. The number of hydrogen-bond donors (Lipinski definition) is 6. The lowest BCUT2D eigenvalue weighted by molar-refractivity contribution is -0.142. The van der Waals surface area contributed by atoms with Crippen molar-refractivity contribution in [2.75, 3.05) is 13.1 Å². The van der Waals surface area contributed by atoms with Gasteiger partial charge < -0.3 is 36.4 Å². The molecule has 6 N–H and O–H groups in total. The second kappa shape index (κ2) is 18.2. The highest BCUT2D eigenvalue weighted by Crippen LogP contribution is 2.10. The molecule has 2 aromatic carbocycles. The Hall–Kier alpha value is -5.01. The number of carbonyl (C=O) groups is 6. The fraction of sp³-hybridized carbons (Fsp3) is 0.455. The van der Waals surface area contributed by atoms with E-state index in [1.165, 1.54) is 24.3 Å². The molecule has 3 atom stereocenters. The fourth-order valence-corrected chi connectivity index (χ4v) is 4.32. The molecule has 2 aromatic rings. The van der Waals surface area contributed by atoms with Gasteiger partial charge in [-0.05, 0) is 56.4 Å². The Balaban J connectivity index is 2.00. The first-order valence-corrected chi connectivity index (χ1v) is 15.2. The zero-order valence-corrected chi connectivity index (χ0v) is 27.2. The third kappa shape index (κ3) is 15.2. The maximum absolute atomic E-state index is 13.4. The van der Waals surface area contributed by atoms with Crippen LogP contribution in [0.4, 0.5) is 9.18 Å². The average Bonchev–Trinajstić information content (AvgIpc) is 2.98. The molecular formula is C33H44FN5O8. The second-order valence-electron chi connectivity index (χ2n) is 12.4. The molecule has 0 heterocycles. The van der Waals surface area contributed by atoms with Gasteiger partial charge in [-0.1, -0.05) is 56.3 Å². The van der Waals surface area contributed by atoms with E-state index in [0.29, 0.717) is 11.1 Å². The molecule has 0 unspecified atom stereocenters. The van der Waals surface area contributed by atoms with Crippen molar-refractivity contribution in [2.24, 2.45) is 5.92 Å². The largest absolute Gasteiger partial charge is 0.480 e. The molecule has 256 valence electrons. The van der Waals surface area contributed by atoms with Crippen LogP contribution in [0.15, 0.2) is 54.6 Å². The summed E-state index contributed by atoms with van der Waals surface area (Å²) in [6.07, 6.45) is -0.641. The maximum atomic E-state index is 13.4. The van der Waals surface area contributed by atoms with Gasteiger partial charge in [0, 0.05) is 12.8 Å². The Morgan fingerprint density at radius 3 is 1.83 bits per heavy atom. The first-order valence-electron chi connectivity index (χ1n) is 15.2. The average molecular weight is 658 g/mol. The second-order valence-corrected chi connectivity index (χ2v) is 12.4. The van der Waals surface area contributed by atoms with Crippen LogP contribution < -0.4 is 26.6 Å². The topological polar surface area (TPSA) is 192 Å². The molecule has 0 saturated heterocycles. The SMILES string of the molecule is CC(C)C[C@H](NC(=O)[C@H](Cc1ccccc1)NC(=O)CNC(=O)CNC(=O)[C@H](Cc1ccc(F)cc1)NC(=O)OC(C)(C)C)C(=O)O. The maximum Gasteiger partial charge on any atom is 0.408 e. The molecule has 0 spiro atoms. The number of nitrogens with one attached hydrogen (secondary N) is 5. The van der Waals surface area contributed by atoms with Gasteiger partial charge in [0.25, 0.3) is 0 Å². The highest BCUT2D eigenvalue weighted by Gasteiger charge is 2.28. The monoisotopic (exact) mass is 657 g/mol.